The minimum Gasteiger partial charge on any atom is -0.274 e. The van der Waals surface area contributed by atoms with Crippen LogP contribution in [0.5, 0.6) is 0 Å². The molecule has 0 aliphatic rings. The van der Waals surface area contributed by atoms with Gasteiger partial charge in [0.1, 0.15) is 11.6 Å². The zero-order chi connectivity index (χ0) is 27.6. The lowest BCUT2D eigenvalue weighted by atomic mass is 10.0. The molecule has 198 valence electrons. The SMILES string of the molecule is CCCCc1nn(-c2cc([N+](=O)[O-])ccc2Cl)c(=O)n1Cc1ccc(-c2ccccc2S(N)(=O)=O)cc1F. The molecule has 4 aromatic rings. The summed E-state index contributed by atoms with van der Waals surface area (Å²) in [7, 11) is -4.04. The van der Waals surface area contributed by atoms with Gasteiger partial charge in [0.2, 0.25) is 10.0 Å². The molecular weight excluding hydrogens is 537 g/mol. The number of nitrogens with zero attached hydrogens (tertiary/aromatic N) is 4. The summed E-state index contributed by atoms with van der Waals surface area (Å²) in [6.45, 7) is 1.79. The van der Waals surface area contributed by atoms with Crippen molar-refractivity contribution < 1.29 is 17.7 Å². The molecule has 4 rings (SSSR count). The fourth-order valence-corrected chi connectivity index (χ4v) is 4.97. The van der Waals surface area contributed by atoms with Crippen molar-refractivity contribution in [1.82, 2.24) is 14.3 Å². The standard InChI is InChI=1S/C25H23ClFN5O5S/c1-2-3-8-24-29-31(22-14-18(32(34)35)11-12-20(22)26)25(33)30(24)15-17-10-9-16(13-21(17)27)19-6-4-5-7-23(19)38(28,36)37/h4-7,9-14H,2-3,8,15H2,1H3,(H2,28,36,37). The van der Waals surface area contributed by atoms with Gasteiger partial charge in [0.25, 0.3) is 5.69 Å². The van der Waals surface area contributed by atoms with E-state index in [1.807, 2.05) is 6.92 Å². The minimum atomic E-state index is -4.04. The molecule has 10 nitrogen and oxygen atoms in total. The Morgan fingerprint density at radius 3 is 2.53 bits per heavy atom. The van der Waals surface area contributed by atoms with Crippen molar-refractivity contribution in [3.8, 4) is 16.8 Å². The van der Waals surface area contributed by atoms with Gasteiger partial charge in [-0.1, -0.05) is 55.3 Å². The number of aryl methyl sites for hydroxylation is 1. The number of hydrogen-bond acceptors (Lipinski definition) is 6. The largest absolute Gasteiger partial charge is 0.351 e. The van der Waals surface area contributed by atoms with Gasteiger partial charge in [0.15, 0.2) is 0 Å². The number of rotatable bonds is 9. The van der Waals surface area contributed by atoms with Crippen LogP contribution in [0.15, 0.2) is 70.4 Å². The highest BCUT2D eigenvalue weighted by Crippen LogP contribution is 2.29. The van der Waals surface area contributed by atoms with Crippen LogP contribution < -0.4 is 10.8 Å². The van der Waals surface area contributed by atoms with E-state index in [0.29, 0.717) is 24.2 Å². The highest BCUT2D eigenvalue weighted by atomic mass is 35.5. The van der Waals surface area contributed by atoms with E-state index in [2.05, 4.69) is 5.10 Å². The van der Waals surface area contributed by atoms with E-state index in [1.165, 1.54) is 47.0 Å². The number of sulfonamides is 1. The first kappa shape index (κ1) is 27.2. The van der Waals surface area contributed by atoms with Crippen molar-refractivity contribution in [1.29, 1.82) is 0 Å². The molecule has 1 heterocycles. The Labute approximate surface area is 222 Å². The Kier molecular flexibility index (Phi) is 7.76. The Bertz CT molecular complexity index is 1700. The fourth-order valence-electron chi connectivity index (χ4n) is 4.02. The zero-order valence-corrected chi connectivity index (χ0v) is 21.7. The van der Waals surface area contributed by atoms with Gasteiger partial charge in [-0.05, 0) is 30.2 Å². The van der Waals surface area contributed by atoms with E-state index in [9.17, 15) is 23.3 Å². The molecule has 1 aromatic heterocycles. The maximum absolute atomic E-state index is 15.3. The van der Waals surface area contributed by atoms with Crippen molar-refractivity contribution in [2.75, 3.05) is 0 Å². The number of nitro benzene ring substituents is 1. The summed E-state index contributed by atoms with van der Waals surface area (Å²) in [5, 5.41) is 21.0. The molecule has 13 heteroatoms. The Morgan fingerprint density at radius 1 is 1.13 bits per heavy atom. The van der Waals surface area contributed by atoms with Gasteiger partial charge in [0, 0.05) is 29.7 Å². The van der Waals surface area contributed by atoms with Crippen LogP contribution in [0.1, 0.15) is 31.2 Å². The highest BCUT2D eigenvalue weighted by molar-refractivity contribution is 7.89. The monoisotopic (exact) mass is 559 g/mol. The molecule has 0 atom stereocenters. The van der Waals surface area contributed by atoms with E-state index >= 15 is 4.39 Å². The molecule has 0 fully saturated rings. The third-order valence-corrected chi connectivity index (χ3v) is 7.24. The van der Waals surface area contributed by atoms with Crippen LogP contribution in [0.4, 0.5) is 10.1 Å². The average molecular weight is 560 g/mol. The summed E-state index contributed by atoms with van der Waals surface area (Å²) in [6.07, 6.45) is 1.92. The van der Waals surface area contributed by atoms with Crippen molar-refractivity contribution in [2.24, 2.45) is 5.14 Å². The lowest BCUT2D eigenvalue weighted by molar-refractivity contribution is -0.384. The van der Waals surface area contributed by atoms with Crippen molar-refractivity contribution in [3.05, 3.63) is 103 Å². The lowest BCUT2D eigenvalue weighted by Gasteiger charge is -2.11. The zero-order valence-electron chi connectivity index (χ0n) is 20.2. The van der Waals surface area contributed by atoms with Crippen LogP contribution in [-0.4, -0.2) is 27.7 Å². The van der Waals surface area contributed by atoms with E-state index < -0.39 is 26.5 Å². The first-order chi connectivity index (χ1) is 18.0. The molecule has 0 saturated carbocycles. The van der Waals surface area contributed by atoms with E-state index in [4.69, 9.17) is 16.7 Å². The van der Waals surface area contributed by atoms with E-state index in [1.54, 1.807) is 12.1 Å². The van der Waals surface area contributed by atoms with E-state index in [0.717, 1.165) is 17.2 Å². The summed E-state index contributed by atoms with van der Waals surface area (Å²) in [5.74, 6) is -0.302. The topological polar surface area (TPSA) is 143 Å². The number of non-ortho nitro benzene ring substituents is 1. The number of aromatic nitrogens is 3. The Hall–Kier alpha value is -3.87. The second kappa shape index (κ2) is 10.9. The molecule has 0 bridgehead atoms. The lowest BCUT2D eigenvalue weighted by Crippen LogP contribution is -2.25. The summed E-state index contributed by atoms with van der Waals surface area (Å²) < 4.78 is 41.5. The maximum atomic E-state index is 15.3. The van der Waals surface area contributed by atoms with Gasteiger partial charge < -0.3 is 0 Å². The molecule has 0 aliphatic carbocycles. The third kappa shape index (κ3) is 5.52. The van der Waals surface area contributed by atoms with Crippen LogP contribution in [0.3, 0.4) is 0 Å². The van der Waals surface area contributed by atoms with Crippen molar-refractivity contribution in [3.63, 3.8) is 0 Å². The van der Waals surface area contributed by atoms with Gasteiger partial charge in [-0.3, -0.25) is 14.7 Å². The first-order valence-electron chi connectivity index (χ1n) is 11.5. The van der Waals surface area contributed by atoms with Gasteiger partial charge in [-0.2, -0.15) is 4.68 Å². The molecule has 0 radical (unpaired) electrons. The molecule has 38 heavy (non-hydrogen) atoms. The number of nitro groups is 1. The number of primary sulfonamides is 1. The quantitative estimate of drug-likeness (QED) is 0.237. The maximum Gasteiger partial charge on any atom is 0.351 e. The van der Waals surface area contributed by atoms with Crippen LogP contribution in [-0.2, 0) is 23.0 Å². The Balaban J connectivity index is 1.77. The van der Waals surface area contributed by atoms with Crippen LogP contribution in [0.2, 0.25) is 5.02 Å². The number of benzene rings is 3. The smallest absolute Gasteiger partial charge is 0.274 e. The fraction of sp³-hybridized carbons (Fsp3) is 0.200. The minimum absolute atomic E-state index is 0.0396. The van der Waals surface area contributed by atoms with Gasteiger partial charge in [-0.15, -0.1) is 5.10 Å². The first-order valence-corrected chi connectivity index (χ1v) is 13.5. The predicted molar refractivity (Wildman–Crippen MR) is 140 cm³/mol. The number of unbranched alkanes of at least 4 members (excludes halogenated alkanes) is 1. The second-order valence-corrected chi connectivity index (χ2v) is 10.5. The summed E-state index contributed by atoms with van der Waals surface area (Å²) in [4.78, 5) is 23.9. The van der Waals surface area contributed by atoms with Crippen molar-refractivity contribution in [2.45, 2.75) is 37.6 Å². The molecule has 0 saturated heterocycles. The number of nitrogens with two attached hydrogens (primary N) is 1. The second-order valence-electron chi connectivity index (χ2n) is 8.54. The molecular formula is C25H23ClFN5O5S. The molecule has 0 amide bonds. The molecule has 3 aromatic carbocycles. The molecule has 0 aliphatic heterocycles. The van der Waals surface area contributed by atoms with Crippen LogP contribution in [0, 0.1) is 15.9 Å². The number of hydrogen-bond donors (Lipinski definition) is 1. The Morgan fingerprint density at radius 2 is 1.87 bits per heavy atom. The van der Waals surface area contributed by atoms with Gasteiger partial charge in [0.05, 0.1) is 27.1 Å². The van der Waals surface area contributed by atoms with Gasteiger partial charge >= 0.3 is 5.69 Å². The summed E-state index contributed by atoms with van der Waals surface area (Å²) in [6, 6.07) is 13.9. The molecule has 2 N–H and O–H groups in total. The normalized spacial score (nSPS) is 11.6. The summed E-state index contributed by atoms with van der Waals surface area (Å²) in [5.41, 5.74) is -0.157. The van der Waals surface area contributed by atoms with Crippen molar-refractivity contribution >= 4 is 27.3 Å². The third-order valence-electron chi connectivity index (χ3n) is 5.95. The highest BCUT2D eigenvalue weighted by Gasteiger charge is 2.21. The molecule has 0 unspecified atom stereocenters. The number of halogens is 2. The van der Waals surface area contributed by atoms with E-state index in [-0.39, 0.29) is 39.0 Å². The van der Waals surface area contributed by atoms with Crippen LogP contribution in [0.25, 0.3) is 16.8 Å². The van der Waals surface area contributed by atoms with Gasteiger partial charge in [-0.25, -0.2) is 22.7 Å². The summed E-state index contributed by atoms with van der Waals surface area (Å²) >= 11 is 6.24. The average Bonchev–Trinajstić information content (AvgIpc) is 3.18. The molecule has 0 spiro atoms. The predicted octanol–water partition coefficient (Wildman–Crippen LogP) is 4.44. The van der Waals surface area contributed by atoms with Crippen LogP contribution >= 0.6 is 11.6 Å².